The summed E-state index contributed by atoms with van der Waals surface area (Å²) in [5, 5.41) is 26.3. The summed E-state index contributed by atoms with van der Waals surface area (Å²) in [6, 6.07) is 28.3. The van der Waals surface area contributed by atoms with Gasteiger partial charge in [0, 0.05) is 29.2 Å². The maximum absolute atomic E-state index is 13.5. The van der Waals surface area contributed by atoms with Crippen LogP contribution in [0.25, 0.3) is 33.4 Å². The maximum atomic E-state index is 13.5. The second-order valence-electron chi connectivity index (χ2n) is 8.46. The average Bonchev–Trinajstić information content (AvgIpc) is 3.65. The molecule has 7 aromatic rings. The van der Waals surface area contributed by atoms with Gasteiger partial charge in [-0.15, -0.1) is 24.3 Å². The van der Waals surface area contributed by atoms with Gasteiger partial charge in [0.1, 0.15) is 22.1 Å². The zero-order valence-electron chi connectivity index (χ0n) is 22.0. The second kappa shape index (κ2) is 14.2. The molecular weight excluding hydrogens is 759 g/mol. The number of rotatable bonds is 3. The van der Waals surface area contributed by atoms with Gasteiger partial charge >= 0.3 is 20.1 Å². The topological polar surface area (TPSA) is 114 Å². The Balaban J connectivity index is 0.000000156. The molecule has 0 amide bonds. The van der Waals surface area contributed by atoms with Crippen molar-refractivity contribution < 1.29 is 47.6 Å². The first kappa shape index (κ1) is 31.6. The van der Waals surface area contributed by atoms with Gasteiger partial charge in [-0.3, -0.25) is 13.8 Å². The number of carboxylic acids is 1. The summed E-state index contributed by atoms with van der Waals surface area (Å²) in [5.41, 5.74) is 2.35. The summed E-state index contributed by atoms with van der Waals surface area (Å²) < 4.78 is 53.1. The molecule has 0 atom stereocenters. The quantitative estimate of drug-likeness (QED) is 0.193. The molecular formula is C30H16F4IrN7O2. The summed E-state index contributed by atoms with van der Waals surface area (Å²) in [7, 11) is 0. The van der Waals surface area contributed by atoms with E-state index in [9.17, 15) is 27.5 Å². The number of hydrogen-bond donors (Lipinski definition) is 0. The Kier molecular flexibility index (Phi) is 10.2. The van der Waals surface area contributed by atoms with Gasteiger partial charge in [0.2, 0.25) is 0 Å². The number of fused-ring (bicyclic) bond motifs is 2. The second-order valence-corrected chi connectivity index (χ2v) is 8.46. The molecule has 7 rings (SSSR count). The Labute approximate surface area is 259 Å². The number of aromatic carboxylic acids is 1. The molecule has 3 heterocycles. The van der Waals surface area contributed by atoms with Crippen molar-refractivity contribution in [3.05, 3.63) is 138 Å². The van der Waals surface area contributed by atoms with E-state index in [0.717, 1.165) is 21.7 Å². The van der Waals surface area contributed by atoms with Crippen LogP contribution in [0.5, 0.6) is 0 Å². The van der Waals surface area contributed by atoms with Crippen molar-refractivity contribution in [2.45, 2.75) is 0 Å². The van der Waals surface area contributed by atoms with E-state index in [0.29, 0.717) is 22.1 Å². The van der Waals surface area contributed by atoms with Gasteiger partial charge in [-0.25, -0.2) is 18.4 Å². The van der Waals surface area contributed by atoms with Gasteiger partial charge in [0.15, 0.2) is 0 Å². The predicted octanol–water partition coefficient (Wildman–Crippen LogP) is 4.44. The van der Waals surface area contributed by atoms with Gasteiger partial charge in [0.05, 0.1) is 23.3 Å². The van der Waals surface area contributed by atoms with Crippen molar-refractivity contribution in [1.82, 2.24) is 35.0 Å². The molecule has 44 heavy (non-hydrogen) atoms. The number of carboxylic acid groups (broad SMARTS) is 1. The number of benzene rings is 4. The van der Waals surface area contributed by atoms with Crippen LogP contribution in [0.3, 0.4) is 0 Å². The summed E-state index contributed by atoms with van der Waals surface area (Å²) in [5.74, 6) is -5.14. The summed E-state index contributed by atoms with van der Waals surface area (Å²) >= 11 is 0. The van der Waals surface area contributed by atoms with Gasteiger partial charge in [-0.05, 0) is 36.4 Å². The van der Waals surface area contributed by atoms with E-state index in [4.69, 9.17) is 0 Å². The SMILES string of the molecule is Fc1c[c-]cc(-n2nc3ccccc3n2)c1F.Fc1c[c-]cc(-n2nc3ccccc3n2)c1F.O=C([O-])c1ccccn1.[Ir+3]. The van der Waals surface area contributed by atoms with Crippen molar-refractivity contribution in [2.75, 3.05) is 0 Å². The zero-order valence-corrected chi connectivity index (χ0v) is 24.4. The Morgan fingerprint density at radius 1 is 0.614 bits per heavy atom. The van der Waals surface area contributed by atoms with E-state index in [-0.39, 0.29) is 37.2 Å². The van der Waals surface area contributed by atoms with E-state index in [1.807, 2.05) is 0 Å². The molecule has 0 fully saturated rings. The molecule has 0 aliphatic heterocycles. The fraction of sp³-hybridized carbons (Fsp3) is 0. The third kappa shape index (κ3) is 7.17. The molecule has 0 saturated carbocycles. The molecule has 0 saturated heterocycles. The molecule has 0 bridgehead atoms. The third-order valence-corrected chi connectivity index (χ3v) is 5.61. The average molecular weight is 775 g/mol. The fourth-order valence-electron chi connectivity index (χ4n) is 3.60. The molecule has 0 aliphatic rings. The molecule has 220 valence electrons. The van der Waals surface area contributed by atoms with E-state index in [1.165, 1.54) is 24.4 Å². The summed E-state index contributed by atoms with van der Waals surface area (Å²) in [6.07, 6.45) is 1.41. The first-order chi connectivity index (χ1) is 20.8. The minimum Gasteiger partial charge on any atom is -0.543 e. The van der Waals surface area contributed by atoms with Gasteiger partial charge in [0.25, 0.3) is 0 Å². The predicted molar refractivity (Wildman–Crippen MR) is 144 cm³/mol. The normalized spacial score (nSPS) is 10.3. The number of hydrogen-bond acceptors (Lipinski definition) is 7. The molecule has 0 aliphatic carbocycles. The molecule has 14 heteroatoms. The molecule has 3 aromatic heterocycles. The molecule has 9 nitrogen and oxygen atoms in total. The first-order valence-electron chi connectivity index (χ1n) is 12.3. The zero-order chi connectivity index (χ0) is 30.3. The maximum Gasteiger partial charge on any atom is 3.00 e. The number of halogens is 4. The minimum atomic E-state index is -1.24. The van der Waals surface area contributed by atoms with E-state index < -0.39 is 29.2 Å². The summed E-state index contributed by atoms with van der Waals surface area (Å²) in [6.45, 7) is 0. The van der Waals surface area contributed by atoms with Crippen LogP contribution in [0, 0.1) is 35.4 Å². The Bertz CT molecular complexity index is 1850. The smallest absolute Gasteiger partial charge is 0.543 e. The number of nitrogens with zero attached hydrogens (tertiary/aromatic N) is 7. The molecule has 0 unspecified atom stereocenters. The van der Waals surface area contributed by atoms with Crippen molar-refractivity contribution in [3.63, 3.8) is 0 Å². The minimum absolute atomic E-state index is 0. The van der Waals surface area contributed by atoms with Crippen molar-refractivity contribution in [3.8, 4) is 11.4 Å². The fourth-order valence-corrected chi connectivity index (χ4v) is 3.60. The largest absolute Gasteiger partial charge is 3.00 e. The number of pyridine rings is 1. The van der Waals surface area contributed by atoms with Crippen molar-refractivity contribution in [1.29, 1.82) is 0 Å². The first-order valence-corrected chi connectivity index (χ1v) is 12.3. The van der Waals surface area contributed by atoms with Crippen LogP contribution in [-0.4, -0.2) is 40.9 Å². The third-order valence-electron chi connectivity index (χ3n) is 5.61. The molecule has 0 radical (unpaired) electrons. The van der Waals surface area contributed by atoms with E-state index in [1.54, 1.807) is 60.7 Å². The van der Waals surface area contributed by atoms with Gasteiger partial charge in [-0.1, -0.05) is 30.3 Å². The number of carbonyl (C=O) groups excluding carboxylic acids is 1. The van der Waals surface area contributed by atoms with Gasteiger partial charge < -0.3 is 9.90 Å². The van der Waals surface area contributed by atoms with E-state index in [2.05, 4.69) is 37.5 Å². The van der Waals surface area contributed by atoms with E-state index >= 15 is 0 Å². The Morgan fingerprint density at radius 2 is 1.00 bits per heavy atom. The summed E-state index contributed by atoms with van der Waals surface area (Å²) in [4.78, 5) is 15.7. The van der Waals surface area contributed by atoms with Crippen LogP contribution in [0.1, 0.15) is 10.5 Å². The Hall–Kier alpha value is -5.33. The molecule has 0 N–H and O–H groups in total. The van der Waals surface area contributed by atoms with Crippen LogP contribution in [0.2, 0.25) is 0 Å². The molecule has 4 aromatic carbocycles. The number of aromatic nitrogens is 7. The van der Waals surface area contributed by atoms with Crippen molar-refractivity contribution in [2.24, 2.45) is 0 Å². The van der Waals surface area contributed by atoms with Crippen LogP contribution < -0.4 is 5.11 Å². The van der Waals surface area contributed by atoms with Crippen LogP contribution in [0.15, 0.2) is 97.2 Å². The van der Waals surface area contributed by atoms with Crippen LogP contribution in [-0.2, 0) is 20.1 Å². The monoisotopic (exact) mass is 775 g/mol. The van der Waals surface area contributed by atoms with Crippen molar-refractivity contribution >= 4 is 28.0 Å². The Morgan fingerprint density at radius 3 is 1.32 bits per heavy atom. The van der Waals surface area contributed by atoms with Crippen LogP contribution in [0.4, 0.5) is 17.6 Å². The van der Waals surface area contributed by atoms with Gasteiger partial charge in [-0.2, -0.15) is 32.5 Å². The van der Waals surface area contributed by atoms with Crippen LogP contribution >= 0.6 is 0 Å². The molecule has 0 spiro atoms. The standard InChI is InChI=1S/2C12H6F2N3.C6H5NO2.Ir/c2*13-8-4-3-7-11(12(8)14)17-15-9-5-1-2-6-10(9)16-17;8-6(9)5-3-1-2-4-7-5;/h2*1-2,4-7H;1-4H,(H,8,9);/q2*-1;;+3/p-1. The number of carbonyl (C=O) groups is 1.